The molecule has 1 aromatic rings. The third kappa shape index (κ3) is 1.79. The van der Waals surface area contributed by atoms with Crippen LogP contribution in [0.5, 0.6) is 0 Å². The molecule has 0 aliphatic carbocycles. The Morgan fingerprint density at radius 3 is 3.00 bits per heavy atom. The molecule has 0 unspecified atom stereocenters. The van der Waals surface area contributed by atoms with Crippen LogP contribution in [0.1, 0.15) is 0 Å². The van der Waals surface area contributed by atoms with Gasteiger partial charge in [0.05, 0.1) is 4.92 Å². The number of nitrogens with one attached hydrogen (secondary N) is 1. The van der Waals surface area contributed by atoms with E-state index in [4.69, 9.17) is 0 Å². The number of anilines is 1. The minimum absolute atomic E-state index is 0.0457. The lowest BCUT2D eigenvalue weighted by Crippen LogP contribution is -2.33. The Bertz CT molecular complexity index is 354. The minimum Gasteiger partial charge on any atom is -0.375 e. The van der Waals surface area contributed by atoms with Crippen LogP contribution in [0, 0.1) is 10.1 Å². The first-order valence-electron chi connectivity index (χ1n) is 4.20. The van der Waals surface area contributed by atoms with Crippen LogP contribution in [-0.2, 0) is 0 Å². The molecule has 2 rings (SSSR count). The van der Waals surface area contributed by atoms with Crippen molar-refractivity contribution in [3.8, 4) is 0 Å². The second kappa shape index (κ2) is 3.83. The van der Waals surface area contributed by atoms with Crippen molar-refractivity contribution in [1.29, 1.82) is 0 Å². The summed E-state index contributed by atoms with van der Waals surface area (Å²) in [5, 5.41) is 13.8. The minimum atomic E-state index is -0.416. The fourth-order valence-corrected chi connectivity index (χ4v) is 1.83. The average Bonchev–Trinajstić information content (AvgIpc) is 2.12. The van der Waals surface area contributed by atoms with Gasteiger partial charge in [0.1, 0.15) is 11.9 Å². The summed E-state index contributed by atoms with van der Waals surface area (Å²) in [6.45, 7) is 0. The van der Waals surface area contributed by atoms with Gasteiger partial charge in [-0.25, -0.2) is 0 Å². The van der Waals surface area contributed by atoms with Crippen molar-refractivity contribution in [3.05, 3.63) is 28.6 Å². The van der Waals surface area contributed by atoms with Crippen LogP contribution in [0.15, 0.2) is 18.5 Å². The molecule has 0 saturated carbocycles. The van der Waals surface area contributed by atoms with Gasteiger partial charge in [-0.15, -0.1) is 0 Å². The third-order valence-corrected chi connectivity index (χ3v) is 3.27. The Kier molecular flexibility index (Phi) is 2.53. The quantitative estimate of drug-likeness (QED) is 0.606. The zero-order valence-electron chi connectivity index (χ0n) is 7.34. The van der Waals surface area contributed by atoms with Crippen LogP contribution < -0.4 is 5.32 Å². The summed E-state index contributed by atoms with van der Waals surface area (Å²) < 4.78 is 0. The van der Waals surface area contributed by atoms with Crippen LogP contribution in [-0.4, -0.2) is 27.5 Å². The maximum absolute atomic E-state index is 10.6. The number of aromatic nitrogens is 1. The Balaban J connectivity index is 2.17. The molecular formula is C8H9N3O2S. The Labute approximate surface area is 85.1 Å². The number of nitro groups is 1. The van der Waals surface area contributed by atoms with Gasteiger partial charge in [-0.2, -0.15) is 11.8 Å². The summed E-state index contributed by atoms with van der Waals surface area (Å²) >= 11 is 1.83. The van der Waals surface area contributed by atoms with E-state index in [1.165, 1.54) is 6.20 Å². The van der Waals surface area contributed by atoms with Gasteiger partial charge in [0.15, 0.2) is 0 Å². The Morgan fingerprint density at radius 2 is 2.43 bits per heavy atom. The zero-order valence-corrected chi connectivity index (χ0v) is 8.16. The first-order valence-corrected chi connectivity index (χ1v) is 5.35. The molecule has 1 aliphatic rings. The van der Waals surface area contributed by atoms with Gasteiger partial charge < -0.3 is 5.32 Å². The van der Waals surface area contributed by atoms with E-state index in [1.54, 1.807) is 12.3 Å². The topological polar surface area (TPSA) is 68.1 Å². The number of hydrogen-bond acceptors (Lipinski definition) is 5. The van der Waals surface area contributed by atoms with Crippen molar-refractivity contribution < 1.29 is 4.92 Å². The van der Waals surface area contributed by atoms with Crippen LogP contribution in [0.4, 0.5) is 11.4 Å². The van der Waals surface area contributed by atoms with Crippen molar-refractivity contribution in [2.45, 2.75) is 6.04 Å². The highest BCUT2D eigenvalue weighted by Gasteiger charge is 2.21. The predicted molar refractivity (Wildman–Crippen MR) is 55.6 cm³/mol. The highest BCUT2D eigenvalue weighted by Crippen LogP contribution is 2.27. The summed E-state index contributed by atoms with van der Waals surface area (Å²) in [7, 11) is 0. The highest BCUT2D eigenvalue weighted by molar-refractivity contribution is 8.00. The van der Waals surface area contributed by atoms with E-state index in [1.807, 2.05) is 11.8 Å². The van der Waals surface area contributed by atoms with Gasteiger partial charge in [-0.1, -0.05) is 0 Å². The van der Waals surface area contributed by atoms with Crippen LogP contribution in [0.2, 0.25) is 0 Å². The molecule has 0 spiro atoms. The molecule has 0 amide bonds. The smallest absolute Gasteiger partial charge is 0.310 e. The van der Waals surface area contributed by atoms with Crippen molar-refractivity contribution in [1.82, 2.24) is 4.98 Å². The summed E-state index contributed by atoms with van der Waals surface area (Å²) in [6.07, 6.45) is 2.83. The van der Waals surface area contributed by atoms with Gasteiger partial charge in [0.25, 0.3) is 0 Å². The van der Waals surface area contributed by atoms with E-state index < -0.39 is 4.92 Å². The van der Waals surface area contributed by atoms with E-state index >= 15 is 0 Å². The summed E-state index contributed by atoms with van der Waals surface area (Å²) in [5.41, 5.74) is 0.611. The molecule has 74 valence electrons. The number of rotatable bonds is 3. The van der Waals surface area contributed by atoms with E-state index in [2.05, 4.69) is 10.3 Å². The summed E-state index contributed by atoms with van der Waals surface area (Å²) in [4.78, 5) is 13.9. The van der Waals surface area contributed by atoms with Crippen LogP contribution in [0.25, 0.3) is 0 Å². The van der Waals surface area contributed by atoms with Crippen molar-refractivity contribution in [2.24, 2.45) is 0 Å². The van der Waals surface area contributed by atoms with Gasteiger partial charge in [0, 0.05) is 23.7 Å². The highest BCUT2D eigenvalue weighted by atomic mass is 32.2. The van der Waals surface area contributed by atoms with E-state index in [-0.39, 0.29) is 5.69 Å². The second-order valence-corrected chi connectivity index (χ2v) is 4.10. The molecule has 1 fully saturated rings. The lowest BCUT2D eigenvalue weighted by Gasteiger charge is -2.26. The molecule has 5 nitrogen and oxygen atoms in total. The van der Waals surface area contributed by atoms with E-state index in [0.717, 1.165) is 11.5 Å². The Morgan fingerprint density at radius 1 is 1.64 bits per heavy atom. The van der Waals surface area contributed by atoms with Gasteiger partial charge in [-0.05, 0) is 6.07 Å². The molecule has 14 heavy (non-hydrogen) atoms. The van der Waals surface area contributed by atoms with E-state index in [9.17, 15) is 10.1 Å². The number of thioether (sulfide) groups is 1. The molecule has 0 radical (unpaired) electrons. The normalized spacial score (nSPS) is 16.0. The Hall–Kier alpha value is -1.30. The van der Waals surface area contributed by atoms with Gasteiger partial charge >= 0.3 is 5.69 Å². The second-order valence-electron chi connectivity index (χ2n) is 3.03. The van der Waals surface area contributed by atoms with Crippen molar-refractivity contribution in [2.75, 3.05) is 16.8 Å². The first kappa shape index (κ1) is 9.26. The largest absolute Gasteiger partial charge is 0.375 e. The predicted octanol–water partition coefficient (Wildman–Crippen LogP) is 1.52. The molecule has 1 aromatic heterocycles. The molecule has 1 aliphatic heterocycles. The fraction of sp³-hybridized carbons (Fsp3) is 0.375. The first-order chi connectivity index (χ1) is 6.77. The van der Waals surface area contributed by atoms with Gasteiger partial charge in [0.2, 0.25) is 0 Å². The average molecular weight is 211 g/mol. The van der Waals surface area contributed by atoms with Crippen molar-refractivity contribution in [3.63, 3.8) is 0 Å². The van der Waals surface area contributed by atoms with Gasteiger partial charge in [-0.3, -0.25) is 15.1 Å². The standard InChI is InChI=1S/C8H9N3O2S/c12-11(13)8-3-9-2-1-7(8)10-6-4-14-5-6/h1-3,6H,4-5H2,(H,9,10). The lowest BCUT2D eigenvalue weighted by molar-refractivity contribution is -0.384. The molecule has 0 bridgehead atoms. The summed E-state index contributed by atoms with van der Waals surface area (Å²) in [6, 6.07) is 2.00. The summed E-state index contributed by atoms with van der Waals surface area (Å²) in [5.74, 6) is 2.03. The molecular weight excluding hydrogens is 202 g/mol. The maximum atomic E-state index is 10.6. The third-order valence-electron chi connectivity index (χ3n) is 1.99. The van der Waals surface area contributed by atoms with Crippen LogP contribution in [0.3, 0.4) is 0 Å². The monoisotopic (exact) mass is 211 g/mol. The molecule has 1 N–H and O–H groups in total. The SMILES string of the molecule is O=[N+]([O-])c1cnccc1NC1CSC1. The lowest BCUT2D eigenvalue weighted by atomic mass is 10.3. The van der Waals surface area contributed by atoms with E-state index in [0.29, 0.717) is 11.7 Å². The number of nitrogens with zero attached hydrogens (tertiary/aromatic N) is 2. The van der Waals surface area contributed by atoms with Crippen LogP contribution >= 0.6 is 11.8 Å². The van der Waals surface area contributed by atoms with Crippen molar-refractivity contribution >= 4 is 23.1 Å². The molecule has 0 atom stereocenters. The number of hydrogen-bond donors (Lipinski definition) is 1. The zero-order chi connectivity index (χ0) is 9.97. The molecule has 2 heterocycles. The fourth-order valence-electron chi connectivity index (χ4n) is 1.19. The molecule has 6 heteroatoms. The molecule has 1 saturated heterocycles. The molecule has 0 aromatic carbocycles. The number of pyridine rings is 1. The maximum Gasteiger partial charge on any atom is 0.310 e.